The zero-order valence-corrected chi connectivity index (χ0v) is 19.0. The number of sulfonamides is 1. The largest absolute Gasteiger partial charge is 0.493 e. The number of carbonyl (C=O) groups is 1. The maximum Gasteiger partial charge on any atom is 0.262 e. The molecule has 1 aliphatic heterocycles. The Morgan fingerprint density at radius 3 is 2.58 bits per heavy atom. The first-order valence-electron chi connectivity index (χ1n) is 10.5. The molecule has 0 radical (unpaired) electrons. The van der Waals surface area contributed by atoms with Gasteiger partial charge in [-0.15, -0.1) is 0 Å². The van der Waals surface area contributed by atoms with Gasteiger partial charge in [0.05, 0.1) is 20.0 Å². The van der Waals surface area contributed by atoms with Crippen molar-refractivity contribution in [3.8, 4) is 11.5 Å². The second kappa shape index (κ2) is 10.1. The summed E-state index contributed by atoms with van der Waals surface area (Å²) in [4.78, 5) is 16.6. The lowest BCUT2D eigenvalue weighted by Crippen LogP contribution is -2.42. The molecule has 2 heterocycles. The summed E-state index contributed by atoms with van der Waals surface area (Å²) in [5.74, 6) is 0.999. The number of rotatable bonds is 9. The van der Waals surface area contributed by atoms with E-state index < -0.39 is 10.0 Å². The monoisotopic (exact) mass is 450 g/mol. The van der Waals surface area contributed by atoms with E-state index in [1.54, 1.807) is 17.9 Å². The number of benzene rings is 1. The van der Waals surface area contributed by atoms with Crippen LogP contribution in [0.5, 0.6) is 11.5 Å². The molecule has 10 heteroatoms. The van der Waals surface area contributed by atoms with E-state index in [1.807, 2.05) is 32.0 Å². The van der Waals surface area contributed by atoms with E-state index in [2.05, 4.69) is 10.3 Å². The maximum atomic E-state index is 12.8. The van der Waals surface area contributed by atoms with Crippen LogP contribution in [0.4, 0.5) is 0 Å². The van der Waals surface area contributed by atoms with Gasteiger partial charge in [0.25, 0.3) is 10.0 Å². The molecule has 0 bridgehead atoms. The van der Waals surface area contributed by atoms with Gasteiger partial charge in [0.15, 0.2) is 16.5 Å². The van der Waals surface area contributed by atoms with Crippen LogP contribution in [0.15, 0.2) is 35.7 Å². The lowest BCUT2D eigenvalue weighted by atomic mass is 9.97. The van der Waals surface area contributed by atoms with Crippen molar-refractivity contribution < 1.29 is 22.7 Å². The number of nitrogens with zero attached hydrogens (tertiary/aromatic N) is 3. The van der Waals surface area contributed by atoms with E-state index in [0.29, 0.717) is 57.1 Å². The Hall–Kier alpha value is -2.59. The summed E-state index contributed by atoms with van der Waals surface area (Å²) in [7, 11) is -2.05. The predicted molar refractivity (Wildman–Crippen MR) is 115 cm³/mol. The quantitative estimate of drug-likeness (QED) is 0.627. The number of ether oxygens (including phenoxy) is 2. The molecule has 2 aromatic rings. The van der Waals surface area contributed by atoms with Crippen LogP contribution in [0.1, 0.15) is 32.3 Å². The van der Waals surface area contributed by atoms with Gasteiger partial charge in [0.1, 0.15) is 0 Å². The van der Waals surface area contributed by atoms with Gasteiger partial charge in [-0.05, 0) is 44.4 Å². The third kappa shape index (κ3) is 5.37. The third-order valence-electron chi connectivity index (χ3n) is 5.40. The fourth-order valence-corrected chi connectivity index (χ4v) is 4.97. The summed E-state index contributed by atoms with van der Waals surface area (Å²) >= 11 is 0. The molecule has 31 heavy (non-hydrogen) atoms. The molecular weight excluding hydrogens is 420 g/mol. The minimum absolute atomic E-state index is 0.0571. The summed E-state index contributed by atoms with van der Waals surface area (Å²) in [6.45, 7) is 6.00. The highest BCUT2D eigenvalue weighted by atomic mass is 32.2. The number of aryl methyl sites for hydroxylation is 1. The van der Waals surface area contributed by atoms with Crippen molar-refractivity contribution in [1.29, 1.82) is 0 Å². The van der Waals surface area contributed by atoms with Crippen LogP contribution < -0.4 is 14.8 Å². The fraction of sp³-hybridized carbons (Fsp3) is 0.524. The third-order valence-corrected chi connectivity index (χ3v) is 7.18. The highest BCUT2D eigenvalue weighted by molar-refractivity contribution is 7.89. The topological polar surface area (TPSA) is 103 Å². The van der Waals surface area contributed by atoms with E-state index in [-0.39, 0.29) is 16.9 Å². The molecule has 1 N–H and O–H groups in total. The van der Waals surface area contributed by atoms with Gasteiger partial charge in [-0.1, -0.05) is 6.07 Å². The number of carbonyl (C=O) groups excluding carboxylic acids is 1. The van der Waals surface area contributed by atoms with E-state index in [0.717, 1.165) is 5.56 Å². The Bertz CT molecular complexity index is 997. The number of nitrogens with one attached hydrogen (secondary N) is 1. The van der Waals surface area contributed by atoms with Gasteiger partial charge in [-0.25, -0.2) is 13.4 Å². The van der Waals surface area contributed by atoms with Crippen LogP contribution >= 0.6 is 0 Å². The van der Waals surface area contributed by atoms with Gasteiger partial charge in [0.2, 0.25) is 5.91 Å². The Morgan fingerprint density at radius 2 is 1.97 bits per heavy atom. The van der Waals surface area contributed by atoms with Gasteiger partial charge < -0.3 is 19.4 Å². The Labute approximate surface area is 183 Å². The number of piperidine rings is 1. The number of hydrogen-bond donors (Lipinski definition) is 1. The number of methoxy groups -OCH3 is 1. The van der Waals surface area contributed by atoms with Crippen molar-refractivity contribution in [1.82, 2.24) is 19.2 Å². The molecule has 3 rings (SSSR count). The number of amides is 1. The van der Waals surface area contributed by atoms with E-state index >= 15 is 0 Å². The second-order valence-electron chi connectivity index (χ2n) is 7.36. The summed E-state index contributed by atoms with van der Waals surface area (Å²) in [5.41, 5.74) is 0.903. The van der Waals surface area contributed by atoms with Crippen molar-refractivity contribution in [2.24, 2.45) is 5.92 Å². The molecule has 0 atom stereocenters. The summed E-state index contributed by atoms with van der Waals surface area (Å²) in [5, 5.41) is 3.01. The lowest BCUT2D eigenvalue weighted by Gasteiger charge is -2.30. The summed E-state index contributed by atoms with van der Waals surface area (Å²) in [6.07, 6.45) is 4.01. The average molecular weight is 451 g/mol. The van der Waals surface area contributed by atoms with Crippen molar-refractivity contribution in [2.45, 2.75) is 44.8 Å². The van der Waals surface area contributed by atoms with Crippen LogP contribution in [0, 0.1) is 5.92 Å². The van der Waals surface area contributed by atoms with Crippen LogP contribution in [0.25, 0.3) is 0 Å². The normalized spacial score (nSPS) is 15.6. The number of aromatic nitrogens is 2. The van der Waals surface area contributed by atoms with Crippen LogP contribution in [-0.4, -0.2) is 55.0 Å². The van der Waals surface area contributed by atoms with Gasteiger partial charge in [-0.3, -0.25) is 4.79 Å². The van der Waals surface area contributed by atoms with Crippen molar-refractivity contribution in [3.63, 3.8) is 0 Å². The van der Waals surface area contributed by atoms with Crippen LogP contribution in [-0.2, 0) is 27.9 Å². The molecule has 0 spiro atoms. The average Bonchev–Trinajstić information content (AvgIpc) is 3.29. The maximum absolute atomic E-state index is 12.8. The van der Waals surface area contributed by atoms with E-state index in [1.165, 1.54) is 10.6 Å². The molecule has 0 saturated carbocycles. The van der Waals surface area contributed by atoms with E-state index in [4.69, 9.17) is 9.47 Å². The van der Waals surface area contributed by atoms with Crippen LogP contribution in [0.3, 0.4) is 0 Å². The molecule has 9 nitrogen and oxygen atoms in total. The van der Waals surface area contributed by atoms with Crippen molar-refractivity contribution in [2.75, 3.05) is 26.8 Å². The summed E-state index contributed by atoms with van der Waals surface area (Å²) in [6, 6.07) is 5.56. The predicted octanol–water partition coefficient (Wildman–Crippen LogP) is 2.03. The fourth-order valence-electron chi connectivity index (χ4n) is 3.57. The minimum Gasteiger partial charge on any atom is -0.493 e. The van der Waals surface area contributed by atoms with Gasteiger partial charge in [0, 0.05) is 38.3 Å². The summed E-state index contributed by atoms with van der Waals surface area (Å²) < 4.78 is 39.5. The molecular formula is C21H30N4O5S. The van der Waals surface area contributed by atoms with Crippen molar-refractivity contribution >= 4 is 15.9 Å². The molecule has 1 saturated heterocycles. The Balaban J connectivity index is 1.53. The van der Waals surface area contributed by atoms with E-state index in [9.17, 15) is 13.2 Å². The SMILES string of the molecule is CCOc1ccc(CNC(=O)C2CCN(S(=O)(=O)c3cn(CC)cn3)CC2)cc1OC. The van der Waals surface area contributed by atoms with Gasteiger partial charge >= 0.3 is 0 Å². The molecule has 170 valence electrons. The van der Waals surface area contributed by atoms with Crippen LogP contribution in [0.2, 0.25) is 0 Å². The number of hydrogen-bond acceptors (Lipinski definition) is 6. The highest BCUT2D eigenvalue weighted by Crippen LogP contribution is 2.28. The highest BCUT2D eigenvalue weighted by Gasteiger charge is 2.33. The zero-order chi connectivity index (χ0) is 22.4. The molecule has 1 fully saturated rings. The van der Waals surface area contributed by atoms with Crippen molar-refractivity contribution in [3.05, 3.63) is 36.3 Å². The lowest BCUT2D eigenvalue weighted by molar-refractivity contribution is -0.126. The zero-order valence-electron chi connectivity index (χ0n) is 18.2. The number of imidazole rings is 1. The standard InChI is InChI=1S/C21H30N4O5S/c1-4-24-14-20(23-15-24)31(27,28)25-10-8-17(9-11-25)21(26)22-13-16-6-7-18(30-5-2)19(12-16)29-3/h6-7,12,14-15,17H,4-5,8-11,13H2,1-3H3,(H,22,26). The molecule has 1 aromatic heterocycles. The minimum atomic E-state index is -3.63. The Morgan fingerprint density at radius 1 is 1.23 bits per heavy atom. The Kier molecular flexibility index (Phi) is 7.55. The first kappa shape index (κ1) is 23.1. The molecule has 1 aliphatic rings. The first-order chi connectivity index (χ1) is 14.9. The first-order valence-corrected chi connectivity index (χ1v) is 11.9. The second-order valence-corrected chi connectivity index (χ2v) is 9.24. The van der Waals surface area contributed by atoms with Gasteiger partial charge in [-0.2, -0.15) is 4.31 Å². The molecule has 1 amide bonds. The smallest absolute Gasteiger partial charge is 0.262 e. The molecule has 0 unspecified atom stereocenters. The molecule has 0 aliphatic carbocycles. The molecule has 1 aromatic carbocycles.